The molecule has 0 fully saturated rings. The third-order valence-corrected chi connectivity index (χ3v) is 4.33. The summed E-state index contributed by atoms with van der Waals surface area (Å²) in [5.41, 5.74) is -0.112. The maximum atomic E-state index is 11.5. The second kappa shape index (κ2) is 4.78. The molecule has 18 heavy (non-hydrogen) atoms. The monoisotopic (exact) mass is 351 g/mol. The first-order valence-corrected chi connectivity index (χ1v) is 7.56. The molecule has 0 aliphatic carbocycles. The quantitative estimate of drug-likeness (QED) is 0.786. The Kier molecular flexibility index (Phi) is 3.50. The van der Waals surface area contributed by atoms with Crippen LogP contribution in [0.2, 0.25) is 0 Å². The van der Waals surface area contributed by atoms with E-state index in [4.69, 9.17) is 0 Å². The fourth-order valence-corrected chi connectivity index (χ4v) is 3.30. The normalized spacial score (nSPS) is 17.4. The molecule has 10 heteroatoms. The predicted octanol–water partition coefficient (Wildman–Crippen LogP) is 0.600. The van der Waals surface area contributed by atoms with Crippen molar-refractivity contribution in [3.8, 4) is 0 Å². The Hall–Kier alpha value is -1.26. The summed E-state index contributed by atoms with van der Waals surface area (Å²) in [4.78, 5) is 15.4. The van der Waals surface area contributed by atoms with Gasteiger partial charge in [-0.05, 0) is 22.0 Å². The van der Waals surface area contributed by atoms with Crippen LogP contribution in [0.1, 0.15) is 5.01 Å². The molecule has 0 atom stereocenters. The number of carbonyl (C=O) groups excluding carboxylic acids is 1. The van der Waals surface area contributed by atoms with Crippen molar-refractivity contribution in [1.29, 1.82) is 0 Å². The lowest BCUT2D eigenvalue weighted by molar-refractivity contribution is -0.136. The number of nitrogens with zero attached hydrogens (tertiary/aromatic N) is 2. The molecular weight excluding hydrogens is 346 g/mol. The van der Waals surface area contributed by atoms with Crippen LogP contribution in [0.3, 0.4) is 0 Å². The largest absolute Gasteiger partial charge is 0.464 e. The molecule has 1 aromatic rings. The molecule has 0 amide bonds. The van der Waals surface area contributed by atoms with Crippen molar-refractivity contribution in [3.63, 3.8) is 0 Å². The molecule has 0 spiro atoms. The maximum Gasteiger partial charge on any atom is 0.355 e. The van der Waals surface area contributed by atoms with E-state index in [1.807, 2.05) is 4.72 Å². The van der Waals surface area contributed by atoms with Gasteiger partial charge in [-0.25, -0.2) is 9.78 Å². The number of esters is 1. The summed E-state index contributed by atoms with van der Waals surface area (Å²) < 4.78 is 33.5. The molecule has 0 saturated heterocycles. The Labute approximate surface area is 115 Å². The molecule has 0 radical (unpaired) electrons. The second-order valence-electron chi connectivity index (χ2n) is 3.08. The van der Waals surface area contributed by atoms with Gasteiger partial charge in [0.05, 0.1) is 7.11 Å². The standard InChI is InChI=1S/C8H6BrN3O4S2/c1-16-8(13)5-2-4(11-18(14,15)12-5)7-10-6(9)3-17-7/h2-3,12H,1H3. The summed E-state index contributed by atoms with van der Waals surface area (Å²) in [6.07, 6.45) is 1.28. The number of methoxy groups -OCH3 is 1. The zero-order valence-electron chi connectivity index (χ0n) is 8.88. The van der Waals surface area contributed by atoms with E-state index < -0.39 is 16.2 Å². The van der Waals surface area contributed by atoms with Gasteiger partial charge in [-0.2, -0.15) is 8.42 Å². The van der Waals surface area contributed by atoms with Gasteiger partial charge in [-0.3, -0.25) is 4.72 Å². The van der Waals surface area contributed by atoms with Gasteiger partial charge >= 0.3 is 16.2 Å². The van der Waals surface area contributed by atoms with Gasteiger partial charge in [0.2, 0.25) is 0 Å². The lowest BCUT2D eigenvalue weighted by Gasteiger charge is -2.12. The van der Waals surface area contributed by atoms with E-state index in [0.29, 0.717) is 9.61 Å². The number of rotatable bonds is 2. The molecule has 1 aromatic heterocycles. The average Bonchev–Trinajstić information content (AvgIpc) is 2.72. The van der Waals surface area contributed by atoms with Crippen molar-refractivity contribution in [2.45, 2.75) is 0 Å². The number of carbonyl (C=O) groups is 1. The van der Waals surface area contributed by atoms with E-state index in [1.54, 1.807) is 5.38 Å². The summed E-state index contributed by atoms with van der Waals surface area (Å²) in [6, 6.07) is 0. The van der Waals surface area contributed by atoms with E-state index in [9.17, 15) is 13.2 Å². The minimum Gasteiger partial charge on any atom is -0.464 e. The van der Waals surface area contributed by atoms with Gasteiger partial charge in [0.15, 0.2) is 0 Å². The molecule has 0 unspecified atom stereocenters. The lowest BCUT2D eigenvalue weighted by atomic mass is 10.3. The topological polar surface area (TPSA) is 97.7 Å². The molecule has 0 saturated carbocycles. The SMILES string of the molecule is COC(=O)C1=CC(c2nc(Br)cs2)=NS(=O)(=O)N1. The van der Waals surface area contributed by atoms with Crippen LogP contribution < -0.4 is 4.72 Å². The first kappa shape index (κ1) is 13.2. The highest BCUT2D eigenvalue weighted by atomic mass is 79.9. The van der Waals surface area contributed by atoms with Gasteiger partial charge in [-0.1, -0.05) is 0 Å². The molecule has 7 nitrogen and oxygen atoms in total. The van der Waals surface area contributed by atoms with Crippen molar-refractivity contribution in [3.05, 3.63) is 26.8 Å². The average molecular weight is 352 g/mol. The number of nitrogens with one attached hydrogen (secondary N) is 1. The number of hydrogen-bond acceptors (Lipinski definition) is 6. The maximum absolute atomic E-state index is 11.5. The highest BCUT2D eigenvalue weighted by molar-refractivity contribution is 9.10. The van der Waals surface area contributed by atoms with Gasteiger partial charge in [0, 0.05) is 5.38 Å². The van der Waals surface area contributed by atoms with Crippen molar-refractivity contribution in [2.75, 3.05) is 7.11 Å². The van der Waals surface area contributed by atoms with Crippen LogP contribution in [0.5, 0.6) is 0 Å². The lowest BCUT2D eigenvalue weighted by Crippen LogP contribution is -2.31. The van der Waals surface area contributed by atoms with Crippen LogP contribution in [0, 0.1) is 0 Å². The highest BCUT2D eigenvalue weighted by Crippen LogP contribution is 2.19. The molecule has 2 heterocycles. The number of thiazole rings is 1. The summed E-state index contributed by atoms with van der Waals surface area (Å²) in [7, 11) is -2.80. The van der Waals surface area contributed by atoms with Gasteiger partial charge in [0.25, 0.3) is 0 Å². The smallest absolute Gasteiger partial charge is 0.355 e. The van der Waals surface area contributed by atoms with E-state index in [2.05, 4.69) is 30.0 Å². The fourth-order valence-electron chi connectivity index (χ4n) is 1.17. The van der Waals surface area contributed by atoms with Crippen LogP contribution in [-0.2, 0) is 19.7 Å². The molecule has 1 aliphatic rings. The van der Waals surface area contributed by atoms with E-state index in [1.165, 1.54) is 17.4 Å². The van der Waals surface area contributed by atoms with Crippen molar-refractivity contribution < 1.29 is 17.9 Å². The molecule has 0 bridgehead atoms. The summed E-state index contributed by atoms with van der Waals surface area (Å²) in [5.74, 6) is -0.790. The number of allylic oxidation sites excluding steroid dienone is 1. The number of aromatic nitrogens is 1. The van der Waals surface area contributed by atoms with Crippen LogP contribution in [0.25, 0.3) is 0 Å². The third-order valence-electron chi connectivity index (χ3n) is 1.84. The first-order valence-electron chi connectivity index (χ1n) is 4.45. The Morgan fingerprint density at radius 3 is 2.83 bits per heavy atom. The fraction of sp³-hybridized carbons (Fsp3) is 0.125. The Balaban J connectivity index is 2.48. The van der Waals surface area contributed by atoms with Crippen LogP contribution in [-0.4, -0.2) is 32.2 Å². The minimum atomic E-state index is -3.95. The number of halogens is 1. The molecule has 2 rings (SSSR count). The van der Waals surface area contributed by atoms with Crippen LogP contribution in [0.15, 0.2) is 26.2 Å². The Morgan fingerprint density at radius 1 is 1.56 bits per heavy atom. The predicted molar refractivity (Wildman–Crippen MR) is 68.5 cm³/mol. The van der Waals surface area contributed by atoms with Crippen LogP contribution in [0.4, 0.5) is 0 Å². The van der Waals surface area contributed by atoms with Gasteiger partial charge in [0.1, 0.15) is 21.0 Å². The van der Waals surface area contributed by atoms with Crippen molar-refractivity contribution in [2.24, 2.45) is 4.40 Å². The highest BCUT2D eigenvalue weighted by Gasteiger charge is 2.25. The number of ether oxygens (including phenoxy) is 1. The third kappa shape index (κ3) is 2.76. The molecule has 1 aliphatic heterocycles. The number of hydrogen-bond donors (Lipinski definition) is 1. The van der Waals surface area contributed by atoms with Crippen molar-refractivity contribution in [1.82, 2.24) is 9.71 Å². The van der Waals surface area contributed by atoms with E-state index >= 15 is 0 Å². The molecule has 0 aromatic carbocycles. The van der Waals surface area contributed by atoms with Gasteiger partial charge < -0.3 is 4.74 Å². The first-order chi connectivity index (χ1) is 8.41. The summed E-state index contributed by atoms with van der Waals surface area (Å²) >= 11 is 4.35. The van der Waals surface area contributed by atoms with E-state index in [0.717, 1.165) is 7.11 Å². The second-order valence-corrected chi connectivity index (χ2v) is 6.09. The van der Waals surface area contributed by atoms with E-state index in [-0.39, 0.29) is 11.4 Å². The van der Waals surface area contributed by atoms with Gasteiger partial charge in [-0.15, -0.1) is 15.7 Å². The molecular formula is C8H6BrN3O4S2. The van der Waals surface area contributed by atoms with Crippen molar-refractivity contribution >= 4 is 49.2 Å². The summed E-state index contributed by atoms with van der Waals surface area (Å²) in [5, 5.41) is 2.06. The zero-order chi connectivity index (χ0) is 13.3. The summed E-state index contributed by atoms with van der Waals surface area (Å²) in [6.45, 7) is 0. The molecule has 1 N–H and O–H groups in total. The Bertz CT molecular complexity index is 662. The zero-order valence-corrected chi connectivity index (χ0v) is 12.1. The van der Waals surface area contributed by atoms with Crippen LogP contribution >= 0.6 is 27.3 Å². The Morgan fingerprint density at radius 2 is 2.28 bits per heavy atom. The minimum absolute atomic E-state index is 0.0878. The molecule has 96 valence electrons.